The Morgan fingerprint density at radius 1 is 2.11 bits per heavy atom. The van der Waals surface area contributed by atoms with E-state index in [2.05, 4.69) is 21.0 Å². The normalized spacial score (nSPS) is 15.9. The zero-order chi connectivity index (χ0) is 9.35. The second kappa shape index (κ2) is 2.31. The first kappa shape index (κ1) is 3.51. The van der Waals surface area contributed by atoms with Crippen LogP contribution in [-0.4, -0.2) is 16.1 Å². The fourth-order valence-electron chi connectivity index (χ4n) is 0.444. The van der Waals surface area contributed by atoms with Crippen LogP contribution in [0.4, 0.5) is 0 Å². The van der Waals surface area contributed by atoms with Crippen LogP contribution in [0.2, 0.25) is 0 Å². The van der Waals surface area contributed by atoms with E-state index in [0.29, 0.717) is 15.4 Å². The van der Waals surface area contributed by atoms with E-state index in [1.54, 1.807) is 0 Å². The molecule has 0 aliphatic carbocycles. The van der Waals surface area contributed by atoms with Gasteiger partial charge in [-0.15, -0.1) is 0 Å². The minimum atomic E-state index is -2.40. The van der Waals surface area contributed by atoms with Crippen molar-refractivity contribution in [2.24, 2.45) is 6.98 Å². The summed E-state index contributed by atoms with van der Waals surface area (Å²) in [4.78, 5) is 10.4. The molecule has 0 fully saturated rings. The van der Waals surface area contributed by atoms with Crippen LogP contribution in [0.3, 0.4) is 0 Å². The minimum Gasteiger partial charge on any atom is -0.296 e. The lowest BCUT2D eigenvalue weighted by molar-refractivity contribution is 0.111. The van der Waals surface area contributed by atoms with Crippen LogP contribution in [0.15, 0.2) is 10.7 Å². The molecule has 0 saturated heterocycles. The van der Waals surface area contributed by atoms with E-state index >= 15 is 0 Å². The molecule has 0 atom stereocenters. The van der Waals surface area contributed by atoms with Gasteiger partial charge in [0, 0.05) is 11.1 Å². The van der Waals surface area contributed by atoms with Crippen molar-refractivity contribution in [1.29, 1.82) is 0 Å². The number of halogens is 1. The van der Waals surface area contributed by atoms with Crippen LogP contribution in [-0.2, 0) is 6.98 Å². The molecule has 0 radical (unpaired) electrons. The van der Waals surface area contributed by atoms with Crippen molar-refractivity contribution >= 4 is 22.2 Å². The van der Waals surface area contributed by atoms with E-state index in [0.717, 1.165) is 0 Å². The van der Waals surface area contributed by atoms with Crippen molar-refractivity contribution in [1.82, 2.24) is 9.78 Å². The number of aromatic nitrogens is 2. The summed E-state index contributed by atoms with van der Waals surface area (Å²) in [6.45, 7) is -2.40. The molecule has 0 spiro atoms. The van der Waals surface area contributed by atoms with Crippen LogP contribution in [0, 0.1) is 0 Å². The number of hydrogen-bond donors (Lipinski definition) is 0. The Morgan fingerprint density at radius 3 is 3.33 bits per heavy atom. The molecule has 0 unspecified atom stereocenters. The van der Waals surface area contributed by atoms with E-state index < -0.39 is 6.98 Å². The molecule has 0 aromatic carbocycles. The molecule has 1 rings (SSSR count). The number of carbonyl (C=O) groups is 1. The Bertz CT molecular complexity index is 306. The topological polar surface area (TPSA) is 34.9 Å². The second-order valence-electron chi connectivity index (χ2n) is 1.41. The van der Waals surface area contributed by atoms with Crippen molar-refractivity contribution in [3.8, 4) is 0 Å². The molecule has 9 heavy (non-hydrogen) atoms. The molecule has 0 saturated carbocycles. The predicted molar refractivity (Wildman–Crippen MR) is 36.3 cm³/mol. The van der Waals surface area contributed by atoms with Gasteiger partial charge in [-0.1, -0.05) is 0 Å². The van der Waals surface area contributed by atoms with Crippen molar-refractivity contribution in [2.45, 2.75) is 0 Å². The molecule has 0 amide bonds. The zero-order valence-electron chi connectivity index (χ0n) is 7.34. The predicted octanol–water partition coefficient (Wildman–Crippen LogP) is 0.995. The van der Waals surface area contributed by atoms with Gasteiger partial charge in [0.1, 0.15) is 5.69 Å². The van der Waals surface area contributed by atoms with Gasteiger partial charge in [0.05, 0.1) is 10.7 Å². The van der Waals surface area contributed by atoms with Crippen LogP contribution in [0.1, 0.15) is 14.6 Å². The van der Waals surface area contributed by atoms with E-state index in [4.69, 9.17) is 4.11 Å². The largest absolute Gasteiger partial charge is 0.296 e. The fraction of sp³-hybridized carbons (Fsp3) is 0.200. The number of carbonyl (C=O) groups excluding carboxylic acids is 1. The summed E-state index contributed by atoms with van der Waals surface area (Å²) in [5.41, 5.74) is 0.0231. The lowest BCUT2D eigenvalue weighted by Gasteiger charge is -1.88. The van der Waals surface area contributed by atoms with E-state index in [1.807, 2.05) is 0 Å². The first-order valence-corrected chi connectivity index (χ1v) is 2.95. The number of aldehydes is 1. The van der Waals surface area contributed by atoms with Crippen molar-refractivity contribution in [3.05, 3.63) is 16.4 Å². The average molecular weight is 192 g/mol. The third-order valence-corrected chi connectivity index (χ3v) is 1.48. The molecule has 48 valence electrons. The summed E-state index contributed by atoms with van der Waals surface area (Å²) in [5, 5.41) is 3.53. The lowest BCUT2D eigenvalue weighted by Crippen LogP contribution is -1.95. The third kappa shape index (κ3) is 1.03. The molecule has 1 aromatic heterocycles. The van der Waals surface area contributed by atoms with Crippen LogP contribution < -0.4 is 0 Å². The number of hydrogen-bond acceptors (Lipinski definition) is 2. The molecule has 3 nitrogen and oxygen atoms in total. The van der Waals surface area contributed by atoms with Crippen molar-refractivity contribution < 1.29 is 8.91 Å². The number of aryl methyl sites for hydroxylation is 1. The second-order valence-corrected chi connectivity index (χ2v) is 2.26. The smallest absolute Gasteiger partial charge is 0.169 e. The Hall–Kier alpha value is -0.640. The number of rotatable bonds is 1. The minimum absolute atomic E-state index is 0.0231. The van der Waals surface area contributed by atoms with Crippen molar-refractivity contribution in [2.75, 3.05) is 0 Å². The van der Waals surface area contributed by atoms with E-state index in [1.165, 1.54) is 6.20 Å². The first-order valence-electron chi connectivity index (χ1n) is 3.66. The fourth-order valence-corrected chi connectivity index (χ4v) is 0.797. The maximum atomic E-state index is 10.4. The summed E-state index contributed by atoms with van der Waals surface area (Å²) in [6.07, 6.45) is 1.72. The molecule has 0 N–H and O–H groups in total. The van der Waals surface area contributed by atoms with Crippen LogP contribution in [0.25, 0.3) is 0 Å². The lowest BCUT2D eigenvalue weighted by atomic mass is 10.5. The highest BCUT2D eigenvalue weighted by Crippen LogP contribution is 2.11. The van der Waals surface area contributed by atoms with Gasteiger partial charge < -0.3 is 0 Å². The van der Waals surface area contributed by atoms with Gasteiger partial charge in [0.15, 0.2) is 6.29 Å². The summed E-state index contributed by atoms with van der Waals surface area (Å²) < 4.78 is 22.0. The highest BCUT2D eigenvalue weighted by molar-refractivity contribution is 9.10. The van der Waals surface area contributed by atoms with Gasteiger partial charge in [-0.3, -0.25) is 9.48 Å². The summed E-state index contributed by atoms with van der Waals surface area (Å²) in [5.74, 6) is 0. The molecular weight excluding hydrogens is 184 g/mol. The highest BCUT2D eigenvalue weighted by atomic mass is 79.9. The Morgan fingerprint density at radius 2 is 2.89 bits per heavy atom. The van der Waals surface area contributed by atoms with Gasteiger partial charge in [-0.2, -0.15) is 5.10 Å². The third-order valence-electron chi connectivity index (χ3n) is 0.871. The zero-order valence-corrected chi connectivity index (χ0v) is 5.92. The van der Waals surface area contributed by atoms with E-state index in [-0.39, 0.29) is 5.69 Å². The van der Waals surface area contributed by atoms with Crippen molar-refractivity contribution in [3.63, 3.8) is 0 Å². The SMILES string of the molecule is [2H]C([2H])([2H])n1ncc(Br)c1C=O. The molecule has 1 aromatic rings. The summed E-state index contributed by atoms with van der Waals surface area (Å²) >= 11 is 3.01. The Labute approximate surface area is 65.0 Å². The molecule has 4 heteroatoms. The molecule has 0 aliphatic heterocycles. The van der Waals surface area contributed by atoms with Gasteiger partial charge in [-0.25, -0.2) is 0 Å². The molecule has 0 aliphatic rings. The Kier molecular flexibility index (Phi) is 0.899. The number of nitrogens with zero attached hydrogens (tertiary/aromatic N) is 2. The van der Waals surface area contributed by atoms with Gasteiger partial charge in [0.25, 0.3) is 0 Å². The van der Waals surface area contributed by atoms with Gasteiger partial charge >= 0.3 is 0 Å². The van der Waals surface area contributed by atoms with E-state index in [9.17, 15) is 4.79 Å². The maximum Gasteiger partial charge on any atom is 0.169 e. The molecular formula is C5H5BrN2O. The first-order chi connectivity index (χ1) is 5.46. The molecule has 1 heterocycles. The monoisotopic (exact) mass is 191 g/mol. The standard InChI is InChI=1S/C5H5BrN2O/c1-8-5(3-9)4(6)2-7-8/h2-3H,1H3/i1D3. The van der Waals surface area contributed by atoms with Gasteiger partial charge in [0.2, 0.25) is 0 Å². The highest BCUT2D eigenvalue weighted by Gasteiger charge is 2.01. The maximum absolute atomic E-state index is 10.4. The average Bonchev–Trinajstić information content (AvgIpc) is 2.29. The van der Waals surface area contributed by atoms with Crippen LogP contribution in [0.5, 0.6) is 0 Å². The van der Waals surface area contributed by atoms with Gasteiger partial charge in [-0.05, 0) is 15.9 Å². The summed E-state index contributed by atoms with van der Waals surface area (Å²) in [6, 6.07) is 0. The summed E-state index contributed by atoms with van der Waals surface area (Å²) in [7, 11) is 0. The quantitative estimate of drug-likeness (QED) is 0.622. The van der Waals surface area contributed by atoms with Crippen LogP contribution >= 0.6 is 15.9 Å². The Balaban J connectivity index is 3.25. The molecule has 0 bridgehead atoms.